The molecule has 1 aromatic heterocycles. The molecule has 2 amide bonds. The van der Waals surface area contributed by atoms with Crippen LogP contribution in [0.1, 0.15) is 56.7 Å². The van der Waals surface area contributed by atoms with Crippen molar-refractivity contribution in [3.63, 3.8) is 0 Å². The first-order valence-corrected chi connectivity index (χ1v) is 13.9. The van der Waals surface area contributed by atoms with Crippen LogP contribution in [-0.2, 0) is 26.2 Å². The second-order valence-electron chi connectivity index (χ2n) is 8.39. The van der Waals surface area contributed by atoms with Crippen molar-refractivity contribution in [2.75, 3.05) is 6.54 Å². The summed E-state index contributed by atoms with van der Waals surface area (Å²) in [5, 5.41) is 5.07. The highest BCUT2D eigenvalue weighted by atomic mass is 32.2. The van der Waals surface area contributed by atoms with Crippen LogP contribution in [0.25, 0.3) is 0 Å². The smallest absolute Gasteiger partial charge is 0.243 e. The summed E-state index contributed by atoms with van der Waals surface area (Å²) in [4.78, 5) is 29.1. The zero-order valence-corrected chi connectivity index (χ0v) is 20.7. The molecule has 1 fully saturated rings. The fourth-order valence-electron chi connectivity index (χ4n) is 4.13. The van der Waals surface area contributed by atoms with Gasteiger partial charge in [-0.3, -0.25) is 9.59 Å². The maximum Gasteiger partial charge on any atom is 0.243 e. The van der Waals surface area contributed by atoms with Crippen molar-refractivity contribution in [1.29, 1.82) is 0 Å². The van der Waals surface area contributed by atoms with Gasteiger partial charge in [-0.1, -0.05) is 56.9 Å². The van der Waals surface area contributed by atoms with Crippen molar-refractivity contribution in [1.82, 2.24) is 14.9 Å². The van der Waals surface area contributed by atoms with Gasteiger partial charge in [0.2, 0.25) is 21.8 Å². The summed E-state index contributed by atoms with van der Waals surface area (Å²) >= 11 is 1.51. The van der Waals surface area contributed by atoms with Crippen molar-refractivity contribution >= 4 is 33.2 Å². The van der Waals surface area contributed by atoms with Gasteiger partial charge in [0.05, 0.1) is 18.0 Å². The van der Waals surface area contributed by atoms with Gasteiger partial charge >= 0.3 is 0 Å². The second kappa shape index (κ2) is 12.3. The molecule has 1 aromatic carbocycles. The van der Waals surface area contributed by atoms with E-state index in [1.54, 1.807) is 18.2 Å². The summed E-state index contributed by atoms with van der Waals surface area (Å²) < 4.78 is 27.6. The SMILES string of the molecule is CCCC(C(=O)NC1CCCCC1)N(Cc1cccs1)C(=O)CNS(=O)(=O)c1ccccc1. The maximum atomic E-state index is 13.3. The third kappa shape index (κ3) is 7.38. The summed E-state index contributed by atoms with van der Waals surface area (Å²) in [6.45, 7) is 1.85. The van der Waals surface area contributed by atoms with Gasteiger partial charge in [-0.2, -0.15) is 0 Å². The number of benzene rings is 1. The summed E-state index contributed by atoms with van der Waals surface area (Å²) in [7, 11) is -3.83. The Kier molecular flexibility index (Phi) is 9.46. The van der Waals surface area contributed by atoms with E-state index in [0.29, 0.717) is 6.42 Å². The topological polar surface area (TPSA) is 95.6 Å². The van der Waals surface area contributed by atoms with Crippen LogP contribution in [0.15, 0.2) is 52.7 Å². The molecule has 1 heterocycles. The van der Waals surface area contributed by atoms with E-state index in [-0.39, 0.29) is 23.4 Å². The van der Waals surface area contributed by atoms with Crippen LogP contribution >= 0.6 is 11.3 Å². The first-order valence-electron chi connectivity index (χ1n) is 11.6. The molecule has 9 heteroatoms. The van der Waals surface area contributed by atoms with Gasteiger partial charge in [-0.05, 0) is 42.8 Å². The van der Waals surface area contributed by atoms with Crippen molar-refractivity contribution < 1.29 is 18.0 Å². The molecular formula is C24H33N3O4S2. The quantitative estimate of drug-likeness (QED) is 0.501. The lowest BCUT2D eigenvalue weighted by molar-refractivity contribution is -0.141. The molecule has 1 atom stereocenters. The molecular weight excluding hydrogens is 458 g/mol. The number of amides is 2. The lowest BCUT2D eigenvalue weighted by Gasteiger charge is -2.33. The normalized spacial score (nSPS) is 15.7. The van der Waals surface area contributed by atoms with Crippen molar-refractivity contribution in [2.24, 2.45) is 0 Å². The minimum atomic E-state index is -3.83. The van der Waals surface area contributed by atoms with Gasteiger partial charge < -0.3 is 10.2 Å². The molecule has 3 rings (SSSR count). The highest BCUT2D eigenvalue weighted by Gasteiger charge is 2.31. The van der Waals surface area contributed by atoms with Crippen LogP contribution in [0.2, 0.25) is 0 Å². The molecule has 0 aliphatic heterocycles. The number of hydrogen-bond donors (Lipinski definition) is 2. The Morgan fingerprint density at radius 3 is 2.45 bits per heavy atom. The van der Waals surface area contributed by atoms with E-state index in [4.69, 9.17) is 0 Å². The van der Waals surface area contributed by atoms with Gasteiger partial charge in [0.25, 0.3) is 0 Å². The van der Waals surface area contributed by atoms with E-state index in [1.807, 2.05) is 24.4 Å². The number of nitrogens with zero attached hydrogens (tertiary/aromatic N) is 1. The van der Waals surface area contributed by atoms with Crippen LogP contribution in [0.3, 0.4) is 0 Å². The summed E-state index contributed by atoms with van der Waals surface area (Å²) in [6, 6.07) is 11.3. The van der Waals surface area contributed by atoms with Crippen molar-refractivity contribution in [2.45, 2.75) is 75.4 Å². The fourth-order valence-corrected chi connectivity index (χ4v) is 5.83. The molecule has 1 saturated carbocycles. The van der Waals surface area contributed by atoms with Crippen LogP contribution < -0.4 is 10.0 Å². The van der Waals surface area contributed by atoms with Gasteiger partial charge in [0.1, 0.15) is 6.04 Å². The fraction of sp³-hybridized carbons (Fsp3) is 0.500. The molecule has 1 aliphatic rings. The van der Waals surface area contributed by atoms with Crippen LogP contribution in [-0.4, -0.2) is 43.8 Å². The standard InChI is InChI=1S/C24H33N3O4S2/c1-2-10-22(24(29)26-19-11-5-3-6-12-19)27(18-20-13-9-16-32-20)23(28)17-25-33(30,31)21-14-7-4-8-15-21/h4,7-9,13-16,19,22,25H,2-3,5-6,10-12,17-18H2,1H3,(H,26,29). The summed E-state index contributed by atoms with van der Waals surface area (Å²) in [6.07, 6.45) is 6.55. The Morgan fingerprint density at radius 2 is 1.82 bits per heavy atom. The van der Waals surface area contributed by atoms with Gasteiger partial charge in [-0.15, -0.1) is 11.3 Å². The Balaban J connectivity index is 1.76. The van der Waals surface area contributed by atoms with E-state index in [1.165, 1.54) is 34.8 Å². The second-order valence-corrected chi connectivity index (χ2v) is 11.2. The van der Waals surface area contributed by atoms with Gasteiger partial charge in [0.15, 0.2) is 0 Å². The highest BCUT2D eigenvalue weighted by Crippen LogP contribution is 2.20. The zero-order chi connectivity index (χ0) is 23.7. The van der Waals surface area contributed by atoms with Crippen LogP contribution in [0.5, 0.6) is 0 Å². The minimum absolute atomic E-state index is 0.0998. The number of hydrogen-bond acceptors (Lipinski definition) is 5. The van der Waals surface area contributed by atoms with Crippen LogP contribution in [0, 0.1) is 0 Å². The number of carbonyl (C=O) groups is 2. The number of nitrogens with one attached hydrogen (secondary N) is 2. The first-order chi connectivity index (χ1) is 15.9. The zero-order valence-electron chi connectivity index (χ0n) is 19.0. The molecule has 0 bridgehead atoms. The molecule has 2 N–H and O–H groups in total. The van der Waals surface area contributed by atoms with Crippen molar-refractivity contribution in [3.05, 3.63) is 52.7 Å². The van der Waals surface area contributed by atoms with E-state index in [0.717, 1.165) is 37.0 Å². The number of rotatable bonds is 11. The first kappa shape index (κ1) is 25.4. The summed E-state index contributed by atoms with van der Waals surface area (Å²) in [5.74, 6) is -0.570. The monoisotopic (exact) mass is 491 g/mol. The number of carbonyl (C=O) groups excluding carboxylic acids is 2. The number of thiophene rings is 1. The highest BCUT2D eigenvalue weighted by molar-refractivity contribution is 7.89. The third-order valence-corrected chi connectivity index (χ3v) is 8.16. The largest absolute Gasteiger partial charge is 0.352 e. The Bertz CT molecular complexity index is 988. The van der Waals surface area contributed by atoms with Gasteiger partial charge in [-0.25, -0.2) is 13.1 Å². The average Bonchev–Trinajstić information content (AvgIpc) is 3.34. The molecule has 2 aromatic rings. The average molecular weight is 492 g/mol. The van der Waals surface area contributed by atoms with Crippen molar-refractivity contribution in [3.8, 4) is 0 Å². The number of sulfonamides is 1. The predicted octanol–water partition coefficient (Wildman–Crippen LogP) is 3.67. The maximum absolute atomic E-state index is 13.3. The Labute approximate surface area is 200 Å². The van der Waals surface area contributed by atoms with E-state index < -0.39 is 28.5 Å². The van der Waals surface area contributed by atoms with Gasteiger partial charge in [0, 0.05) is 10.9 Å². The Morgan fingerprint density at radius 1 is 1.09 bits per heavy atom. The molecule has 33 heavy (non-hydrogen) atoms. The molecule has 0 radical (unpaired) electrons. The van der Waals surface area contributed by atoms with E-state index >= 15 is 0 Å². The molecule has 7 nitrogen and oxygen atoms in total. The molecule has 1 unspecified atom stereocenters. The third-order valence-electron chi connectivity index (χ3n) is 5.89. The van der Waals surface area contributed by atoms with E-state index in [2.05, 4.69) is 10.0 Å². The molecule has 0 spiro atoms. The lowest BCUT2D eigenvalue weighted by Crippen LogP contribution is -2.53. The molecule has 0 saturated heterocycles. The minimum Gasteiger partial charge on any atom is -0.352 e. The summed E-state index contributed by atoms with van der Waals surface area (Å²) in [5.41, 5.74) is 0. The molecule has 1 aliphatic carbocycles. The molecule has 180 valence electrons. The van der Waals surface area contributed by atoms with E-state index in [9.17, 15) is 18.0 Å². The Hall–Kier alpha value is -2.23. The van der Waals surface area contributed by atoms with Crippen LogP contribution in [0.4, 0.5) is 0 Å². The lowest BCUT2D eigenvalue weighted by atomic mass is 9.95. The predicted molar refractivity (Wildman–Crippen MR) is 130 cm³/mol.